The zero-order valence-electron chi connectivity index (χ0n) is 10.9. The summed E-state index contributed by atoms with van der Waals surface area (Å²) in [6.07, 6.45) is 4.75. The van der Waals surface area contributed by atoms with Crippen LogP contribution in [0.1, 0.15) is 26.2 Å². The van der Waals surface area contributed by atoms with Gasteiger partial charge in [0.2, 0.25) is 5.91 Å². The van der Waals surface area contributed by atoms with Crippen LogP contribution in [0.5, 0.6) is 0 Å². The van der Waals surface area contributed by atoms with Gasteiger partial charge in [-0.1, -0.05) is 31.5 Å². The summed E-state index contributed by atoms with van der Waals surface area (Å²) in [7, 11) is 0. The zero-order chi connectivity index (χ0) is 12.8. The minimum atomic E-state index is 0.160. The number of benzene rings is 1. The Labute approximate surface area is 108 Å². The summed E-state index contributed by atoms with van der Waals surface area (Å²) in [4.78, 5) is 11.5. The number of amides is 1. The van der Waals surface area contributed by atoms with E-state index in [9.17, 15) is 4.79 Å². The maximum atomic E-state index is 11.5. The Balaban J connectivity index is 1.85. The van der Waals surface area contributed by atoms with Gasteiger partial charge in [-0.25, -0.2) is 0 Å². The number of nitrogens with zero attached hydrogens (tertiary/aromatic N) is 1. The first-order chi connectivity index (χ1) is 8.81. The number of carbonyl (C=O) groups is 1. The van der Waals surface area contributed by atoms with Crippen molar-refractivity contribution >= 4 is 16.8 Å². The summed E-state index contributed by atoms with van der Waals surface area (Å²) in [6, 6.07) is 10.4. The van der Waals surface area contributed by atoms with Crippen molar-refractivity contribution in [2.45, 2.75) is 32.7 Å². The second-order valence-electron chi connectivity index (χ2n) is 4.52. The van der Waals surface area contributed by atoms with Gasteiger partial charge in [-0.3, -0.25) is 4.79 Å². The van der Waals surface area contributed by atoms with E-state index in [4.69, 9.17) is 0 Å². The van der Waals surface area contributed by atoms with Crippen LogP contribution in [0.15, 0.2) is 36.5 Å². The van der Waals surface area contributed by atoms with Crippen LogP contribution in [0, 0.1) is 0 Å². The summed E-state index contributed by atoms with van der Waals surface area (Å²) in [5.74, 6) is 0.160. The molecule has 3 nitrogen and oxygen atoms in total. The normalized spacial score (nSPS) is 10.7. The highest BCUT2D eigenvalue weighted by Gasteiger charge is 2.01. The van der Waals surface area contributed by atoms with Crippen molar-refractivity contribution in [1.82, 2.24) is 9.88 Å². The van der Waals surface area contributed by atoms with Crippen molar-refractivity contribution in [3.8, 4) is 0 Å². The fourth-order valence-corrected chi connectivity index (χ4v) is 2.08. The molecule has 0 aliphatic rings. The number of nitrogens with one attached hydrogen (secondary N) is 1. The first-order valence-corrected chi connectivity index (χ1v) is 6.62. The Bertz CT molecular complexity index is 516. The van der Waals surface area contributed by atoms with Crippen molar-refractivity contribution in [2.24, 2.45) is 0 Å². The fourth-order valence-electron chi connectivity index (χ4n) is 2.08. The van der Waals surface area contributed by atoms with E-state index in [1.807, 2.05) is 12.1 Å². The van der Waals surface area contributed by atoms with Gasteiger partial charge in [-0.15, -0.1) is 0 Å². The molecule has 2 aromatic rings. The summed E-state index contributed by atoms with van der Waals surface area (Å²) >= 11 is 0. The van der Waals surface area contributed by atoms with Crippen LogP contribution in [0.2, 0.25) is 0 Å². The molecule has 0 aliphatic carbocycles. The number of rotatable bonds is 6. The van der Waals surface area contributed by atoms with E-state index in [2.05, 4.69) is 41.2 Å². The molecule has 0 saturated carbocycles. The molecule has 0 spiro atoms. The average Bonchev–Trinajstić information content (AvgIpc) is 2.80. The molecule has 1 N–H and O–H groups in total. The van der Waals surface area contributed by atoms with Crippen molar-refractivity contribution in [3.63, 3.8) is 0 Å². The van der Waals surface area contributed by atoms with Crippen LogP contribution in [0.4, 0.5) is 0 Å². The number of fused-ring (bicyclic) bond motifs is 1. The molecule has 0 aliphatic heterocycles. The topological polar surface area (TPSA) is 34.0 Å². The lowest BCUT2D eigenvalue weighted by Gasteiger charge is -2.07. The van der Waals surface area contributed by atoms with Gasteiger partial charge >= 0.3 is 0 Å². The molecule has 1 aromatic heterocycles. The molecule has 0 saturated heterocycles. The van der Waals surface area contributed by atoms with Crippen molar-refractivity contribution in [3.05, 3.63) is 36.5 Å². The highest BCUT2D eigenvalue weighted by atomic mass is 16.1. The fraction of sp³-hybridized carbons (Fsp3) is 0.400. The van der Waals surface area contributed by atoms with E-state index in [0.717, 1.165) is 19.4 Å². The molecule has 1 heterocycles. The molecule has 96 valence electrons. The first-order valence-electron chi connectivity index (χ1n) is 6.62. The highest BCUT2D eigenvalue weighted by Crippen LogP contribution is 2.14. The van der Waals surface area contributed by atoms with Gasteiger partial charge < -0.3 is 9.88 Å². The first kappa shape index (κ1) is 12.7. The summed E-state index contributed by atoms with van der Waals surface area (Å²) in [5, 5.41) is 4.21. The predicted octanol–water partition coefficient (Wildman–Crippen LogP) is 2.95. The number of carbonyl (C=O) groups excluding carboxylic acids is 1. The minimum absolute atomic E-state index is 0.160. The third-order valence-corrected chi connectivity index (χ3v) is 3.11. The highest BCUT2D eigenvalue weighted by molar-refractivity contribution is 5.80. The lowest BCUT2D eigenvalue weighted by molar-refractivity contribution is -0.121. The molecule has 0 fully saturated rings. The van der Waals surface area contributed by atoms with Gasteiger partial charge in [-0.05, 0) is 23.9 Å². The Morgan fingerprint density at radius 3 is 2.94 bits per heavy atom. The number of para-hydroxylation sites is 1. The standard InChI is InChI=1S/C15H20N2O/c1-2-3-8-15(18)16-10-12-17-11-9-13-6-4-5-7-14(13)17/h4-7,9,11H,2-3,8,10,12H2,1H3,(H,16,18). The van der Waals surface area contributed by atoms with Crippen molar-refractivity contribution < 1.29 is 4.79 Å². The molecule has 1 aromatic carbocycles. The van der Waals surface area contributed by atoms with E-state index in [1.54, 1.807) is 0 Å². The van der Waals surface area contributed by atoms with E-state index >= 15 is 0 Å². The van der Waals surface area contributed by atoms with E-state index < -0.39 is 0 Å². The average molecular weight is 244 g/mol. The van der Waals surface area contributed by atoms with Gasteiger partial charge in [0.05, 0.1) is 0 Å². The van der Waals surface area contributed by atoms with E-state index in [-0.39, 0.29) is 5.91 Å². The number of hydrogen-bond donors (Lipinski definition) is 1. The molecule has 0 unspecified atom stereocenters. The SMILES string of the molecule is CCCCC(=O)NCCn1ccc2ccccc21. The van der Waals surface area contributed by atoms with E-state index in [1.165, 1.54) is 10.9 Å². The smallest absolute Gasteiger partial charge is 0.220 e. The summed E-state index contributed by atoms with van der Waals surface area (Å²) < 4.78 is 2.18. The second kappa shape index (κ2) is 6.24. The van der Waals surface area contributed by atoms with Gasteiger partial charge in [-0.2, -0.15) is 0 Å². The Hall–Kier alpha value is -1.77. The number of unbranched alkanes of at least 4 members (excludes halogenated alkanes) is 1. The molecule has 1 amide bonds. The predicted molar refractivity (Wildman–Crippen MR) is 74.5 cm³/mol. The number of aromatic nitrogens is 1. The molecule has 0 radical (unpaired) electrons. The van der Waals surface area contributed by atoms with Gasteiger partial charge in [0.15, 0.2) is 0 Å². The van der Waals surface area contributed by atoms with Gasteiger partial charge in [0, 0.05) is 31.2 Å². The molecule has 18 heavy (non-hydrogen) atoms. The van der Waals surface area contributed by atoms with Gasteiger partial charge in [0.25, 0.3) is 0 Å². The summed E-state index contributed by atoms with van der Waals surface area (Å²) in [5.41, 5.74) is 1.22. The maximum absolute atomic E-state index is 11.5. The van der Waals surface area contributed by atoms with E-state index in [0.29, 0.717) is 13.0 Å². The lowest BCUT2D eigenvalue weighted by Crippen LogP contribution is -2.26. The third kappa shape index (κ3) is 3.13. The van der Waals surface area contributed by atoms with Crippen LogP contribution in [-0.4, -0.2) is 17.0 Å². The molecule has 0 atom stereocenters. The molecular weight excluding hydrogens is 224 g/mol. The van der Waals surface area contributed by atoms with Crippen molar-refractivity contribution in [1.29, 1.82) is 0 Å². The quantitative estimate of drug-likeness (QED) is 0.833. The Morgan fingerprint density at radius 2 is 2.11 bits per heavy atom. The third-order valence-electron chi connectivity index (χ3n) is 3.11. The molecular formula is C15H20N2O. The molecule has 2 rings (SSSR count). The molecule has 0 bridgehead atoms. The van der Waals surface area contributed by atoms with Crippen LogP contribution in [0.3, 0.4) is 0 Å². The zero-order valence-corrected chi connectivity index (χ0v) is 10.9. The summed E-state index contributed by atoms with van der Waals surface area (Å²) in [6.45, 7) is 3.62. The van der Waals surface area contributed by atoms with Crippen LogP contribution in [-0.2, 0) is 11.3 Å². The number of hydrogen-bond acceptors (Lipinski definition) is 1. The lowest BCUT2D eigenvalue weighted by atomic mass is 10.2. The largest absolute Gasteiger partial charge is 0.354 e. The second-order valence-corrected chi connectivity index (χ2v) is 4.52. The van der Waals surface area contributed by atoms with Crippen LogP contribution in [0.25, 0.3) is 10.9 Å². The van der Waals surface area contributed by atoms with Crippen LogP contribution >= 0.6 is 0 Å². The monoisotopic (exact) mass is 244 g/mol. The Morgan fingerprint density at radius 1 is 1.28 bits per heavy atom. The van der Waals surface area contributed by atoms with Crippen molar-refractivity contribution in [2.75, 3.05) is 6.54 Å². The van der Waals surface area contributed by atoms with Crippen LogP contribution < -0.4 is 5.32 Å². The minimum Gasteiger partial charge on any atom is -0.354 e. The molecule has 3 heteroatoms. The van der Waals surface area contributed by atoms with Gasteiger partial charge in [0.1, 0.15) is 0 Å². The maximum Gasteiger partial charge on any atom is 0.220 e. The Kier molecular flexibility index (Phi) is 4.40.